The van der Waals surface area contributed by atoms with Gasteiger partial charge in [-0.25, -0.2) is 4.98 Å². The van der Waals surface area contributed by atoms with E-state index in [4.69, 9.17) is 23.2 Å². The lowest BCUT2D eigenvalue weighted by atomic mass is 9.98. The van der Waals surface area contributed by atoms with E-state index in [2.05, 4.69) is 15.6 Å². The highest BCUT2D eigenvalue weighted by Crippen LogP contribution is 2.27. The number of halogens is 2. The van der Waals surface area contributed by atoms with Gasteiger partial charge in [0.15, 0.2) is 5.15 Å². The summed E-state index contributed by atoms with van der Waals surface area (Å²) in [5.74, 6) is -0.0267. The SMILES string of the molecule is Cc1cc(Cl)nc(Cl)c1NC(=O)[C@H]1CCCNC1. The van der Waals surface area contributed by atoms with Crippen molar-refractivity contribution in [3.05, 3.63) is 21.9 Å². The maximum atomic E-state index is 12.1. The van der Waals surface area contributed by atoms with Crippen LogP contribution >= 0.6 is 23.2 Å². The number of aromatic nitrogens is 1. The van der Waals surface area contributed by atoms with E-state index in [9.17, 15) is 4.79 Å². The van der Waals surface area contributed by atoms with Gasteiger partial charge in [0.05, 0.1) is 11.6 Å². The van der Waals surface area contributed by atoms with Crippen LogP contribution in [-0.4, -0.2) is 24.0 Å². The Morgan fingerprint density at radius 2 is 2.33 bits per heavy atom. The zero-order valence-electron chi connectivity index (χ0n) is 10.1. The van der Waals surface area contributed by atoms with Crippen LogP contribution in [0.2, 0.25) is 10.3 Å². The zero-order valence-corrected chi connectivity index (χ0v) is 11.6. The standard InChI is InChI=1S/C12H15Cl2N3O/c1-7-5-9(13)16-11(14)10(7)17-12(18)8-3-2-4-15-6-8/h5,8,15H,2-4,6H2,1H3,(H,17,18)/t8-/m0/s1. The smallest absolute Gasteiger partial charge is 0.228 e. The molecule has 2 N–H and O–H groups in total. The van der Waals surface area contributed by atoms with Crippen molar-refractivity contribution < 1.29 is 4.79 Å². The highest BCUT2D eigenvalue weighted by molar-refractivity contribution is 6.34. The predicted octanol–water partition coefficient (Wildman–Crippen LogP) is 2.63. The average molecular weight is 288 g/mol. The fourth-order valence-corrected chi connectivity index (χ4v) is 2.63. The van der Waals surface area contributed by atoms with Gasteiger partial charge in [-0.1, -0.05) is 23.2 Å². The first-order valence-electron chi connectivity index (χ1n) is 5.92. The van der Waals surface area contributed by atoms with E-state index in [1.165, 1.54) is 0 Å². The summed E-state index contributed by atoms with van der Waals surface area (Å²) < 4.78 is 0. The number of rotatable bonds is 2. The lowest BCUT2D eigenvalue weighted by Crippen LogP contribution is -2.37. The first-order chi connectivity index (χ1) is 8.58. The van der Waals surface area contributed by atoms with Crippen LogP contribution in [0.25, 0.3) is 0 Å². The van der Waals surface area contributed by atoms with E-state index in [0.29, 0.717) is 17.4 Å². The molecule has 1 amide bonds. The molecule has 2 heterocycles. The van der Waals surface area contributed by atoms with Gasteiger partial charge in [0.2, 0.25) is 5.91 Å². The molecular formula is C12H15Cl2N3O. The molecule has 0 spiro atoms. The number of carbonyl (C=O) groups excluding carboxylic acids is 1. The third-order valence-corrected chi connectivity index (χ3v) is 3.52. The summed E-state index contributed by atoms with van der Waals surface area (Å²) in [4.78, 5) is 16.0. The van der Waals surface area contributed by atoms with Crippen LogP contribution in [0.3, 0.4) is 0 Å². The van der Waals surface area contributed by atoms with Crippen LogP contribution in [0.15, 0.2) is 6.07 Å². The lowest BCUT2D eigenvalue weighted by molar-refractivity contribution is -0.120. The number of carbonyl (C=O) groups is 1. The van der Waals surface area contributed by atoms with Gasteiger partial charge < -0.3 is 10.6 Å². The average Bonchev–Trinajstić information content (AvgIpc) is 2.34. The molecule has 6 heteroatoms. The summed E-state index contributed by atoms with van der Waals surface area (Å²) >= 11 is 11.8. The number of aryl methyl sites for hydroxylation is 1. The van der Waals surface area contributed by atoms with Crippen LogP contribution in [0.4, 0.5) is 5.69 Å². The van der Waals surface area contributed by atoms with E-state index >= 15 is 0 Å². The van der Waals surface area contributed by atoms with E-state index in [1.807, 2.05) is 6.92 Å². The molecular weight excluding hydrogens is 273 g/mol. The Balaban J connectivity index is 2.11. The molecule has 0 saturated carbocycles. The molecule has 18 heavy (non-hydrogen) atoms. The van der Waals surface area contributed by atoms with Gasteiger partial charge in [0, 0.05) is 6.54 Å². The monoisotopic (exact) mass is 287 g/mol. The topological polar surface area (TPSA) is 54.0 Å². The summed E-state index contributed by atoms with van der Waals surface area (Å²) in [7, 11) is 0. The van der Waals surface area contributed by atoms with Gasteiger partial charge in [-0.2, -0.15) is 0 Å². The molecule has 1 aliphatic rings. The minimum Gasteiger partial charge on any atom is -0.323 e. The van der Waals surface area contributed by atoms with E-state index in [1.54, 1.807) is 6.07 Å². The Hall–Kier alpha value is -0.840. The number of pyridine rings is 1. The number of nitrogens with one attached hydrogen (secondary N) is 2. The molecule has 0 unspecified atom stereocenters. The Bertz CT molecular complexity index is 436. The second kappa shape index (κ2) is 5.87. The normalized spacial score (nSPS) is 19.6. The molecule has 1 fully saturated rings. The molecule has 1 saturated heterocycles. The second-order valence-electron chi connectivity index (χ2n) is 4.46. The van der Waals surface area contributed by atoms with E-state index in [0.717, 1.165) is 24.9 Å². The van der Waals surface area contributed by atoms with Crippen molar-refractivity contribution in [1.29, 1.82) is 0 Å². The van der Waals surface area contributed by atoms with Crippen molar-refractivity contribution >= 4 is 34.8 Å². The molecule has 2 rings (SSSR count). The Kier molecular flexibility index (Phi) is 4.43. The fraction of sp³-hybridized carbons (Fsp3) is 0.500. The summed E-state index contributed by atoms with van der Waals surface area (Å²) in [6, 6.07) is 1.68. The number of piperidine rings is 1. The molecule has 0 aromatic carbocycles. The summed E-state index contributed by atoms with van der Waals surface area (Å²) in [5, 5.41) is 6.61. The van der Waals surface area contributed by atoms with Crippen molar-refractivity contribution in [3.8, 4) is 0 Å². The summed E-state index contributed by atoms with van der Waals surface area (Å²) in [5.41, 5.74) is 1.37. The lowest BCUT2D eigenvalue weighted by Gasteiger charge is -2.22. The van der Waals surface area contributed by atoms with Gasteiger partial charge in [0.1, 0.15) is 5.15 Å². The number of hydrogen-bond acceptors (Lipinski definition) is 3. The number of nitrogens with zero attached hydrogens (tertiary/aromatic N) is 1. The highest BCUT2D eigenvalue weighted by atomic mass is 35.5. The van der Waals surface area contributed by atoms with Crippen molar-refractivity contribution in [2.45, 2.75) is 19.8 Å². The van der Waals surface area contributed by atoms with E-state index < -0.39 is 0 Å². The molecule has 1 atom stereocenters. The molecule has 0 bridgehead atoms. The molecule has 1 aromatic rings. The third kappa shape index (κ3) is 3.13. The molecule has 98 valence electrons. The highest BCUT2D eigenvalue weighted by Gasteiger charge is 2.22. The summed E-state index contributed by atoms with van der Waals surface area (Å²) in [6.07, 6.45) is 1.92. The maximum absolute atomic E-state index is 12.1. The van der Waals surface area contributed by atoms with Crippen LogP contribution in [-0.2, 0) is 4.79 Å². The molecule has 0 aliphatic carbocycles. The fourth-order valence-electron chi connectivity index (χ4n) is 2.05. The molecule has 1 aliphatic heterocycles. The van der Waals surface area contributed by atoms with Crippen LogP contribution in [0.5, 0.6) is 0 Å². The third-order valence-electron chi connectivity index (χ3n) is 3.06. The van der Waals surface area contributed by atoms with Crippen LogP contribution in [0.1, 0.15) is 18.4 Å². The minimum atomic E-state index is -0.0173. The first-order valence-corrected chi connectivity index (χ1v) is 6.67. The van der Waals surface area contributed by atoms with Crippen LogP contribution in [0, 0.1) is 12.8 Å². The minimum absolute atomic E-state index is 0.00936. The number of anilines is 1. The van der Waals surface area contributed by atoms with E-state index in [-0.39, 0.29) is 17.0 Å². The first kappa shape index (κ1) is 13.6. The van der Waals surface area contributed by atoms with Crippen LogP contribution < -0.4 is 10.6 Å². The summed E-state index contributed by atoms with van der Waals surface area (Å²) in [6.45, 7) is 3.53. The van der Waals surface area contributed by atoms with Gasteiger partial charge >= 0.3 is 0 Å². The number of amides is 1. The Morgan fingerprint density at radius 3 is 2.94 bits per heavy atom. The quantitative estimate of drug-likeness (QED) is 0.823. The van der Waals surface area contributed by atoms with Crippen molar-refractivity contribution in [2.24, 2.45) is 5.92 Å². The van der Waals surface area contributed by atoms with Crippen molar-refractivity contribution in [2.75, 3.05) is 18.4 Å². The van der Waals surface area contributed by atoms with Gasteiger partial charge in [-0.05, 0) is 37.9 Å². The van der Waals surface area contributed by atoms with Gasteiger partial charge in [0.25, 0.3) is 0 Å². The van der Waals surface area contributed by atoms with Gasteiger partial charge in [-0.3, -0.25) is 4.79 Å². The zero-order chi connectivity index (χ0) is 13.1. The predicted molar refractivity (Wildman–Crippen MR) is 73.2 cm³/mol. The maximum Gasteiger partial charge on any atom is 0.228 e. The molecule has 0 radical (unpaired) electrons. The largest absolute Gasteiger partial charge is 0.323 e. The van der Waals surface area contributed by atoms with Gasteiger partial charge in [-0.15, -0.1) is 0 Å². The molecule has 4 nitrogen and oxygen atoms in total. The number of hydrogen-bond donors (Lipinski definition) is 2. The molecule has 1 aromatic heterocycles. The van der Waals surface area contributed by atoms with Crippen molar-refractivity contribution in [1.82, 2.24) is 10.3 Å². The Morgan fingerprint density at radius 1 is 1.56 bits per heavy atom. The Labute approximate surface area is 116 Å². The second-order valence-corrected chi connectivity index (χ2v) is 5.21. The van der Waals surface area contributed by atoms with Crippen molar-refractivity contribution in [3.63, 3.8) is 0 Å².